The second-order valence-electron chi connectivity index (χ2n) is 6.37. The Hall–Kier alpha value is -3.61. The summed E-state index contributed by atoms with van der Waals surface area (Å²) in [6, 6.07) is 14.1. The molecular weight excluding hydrogens is 375 g/mol. The van der Waals surface area contributed by atoms with E-state index in [0.29, 0.717) is 36.6 Å². The van der Waals surface area contributed by atoms with Gasteiger partial charge >= 0.3 is 0 Å². The number of hydrogen-bond donors (Lipinski definition) is 2. The molecule has 1 heterocycles. The van der Waals surface area contributed by atoms with Gasteiger partial charge < -0.3 is 19.8 Å². The van der Waals surface area contributed by atoms with E-state index in [2.05, 4.69) is 10.6 Å². The van der Waals surface area contributed by atoms with Crippen molar-refractivity contribution in [2.24, 2.45) is 0 Å². The monoisotopic (exact) mass is 396 g/mol. The van der Waals surface area contributed by atoms with E-state index in [4.69, 9.17) is 9.15 Å². The number of carbonyl (C=O) groups is 2. The first-order chi connectivity index (χ1) is 14.0. The van der Waals surface area contributed by atoms with Gasteiger partial charge in [-0.1, -0.05) is 6.07 Å². The lowest BCUT2D eigenvalue weighted by molar-refractivity contribution is 0.0949. The van der Waals surface area contributed by atoms with E-state index < -0.39 is 0 Å². The fourth-order valence-electron chi connectivity index (χ4n) is 2.59. The molecule has 150 valence electrons. The largest absolute Gasteiger partial charge is 0.494 e. The van der Waals surface area contributed by atoms with Crippen molar-refractivity contribution in [1.82, 2.24) is 5.32 Å². The summed E-state index contributed by atoms with van der Waals surface area (Å²) < 4.78 is 23.4. The molecule has 0 aliphatic heterocycles. The van der Waals surface area contributed by atoms with E-state index >= 15 is 0 Å². The molecule has 0 atom stereocenters. The molecule has 3 aromatic rings. The van der Waals surface area contributed by atoms with Crippen LogP contribution in [0, 0.1) is 12.7 Å². The maximum absolute atomic E-state index is 12.8. The summed E-state index contributed by atoms with van der Waals surface area (Å²) in [6.45, 7) is 2.65. The van der Waals surface area contributed by atoms with Gasteiger partial charge in [0.25, 0.3) is 11.8 Å². The van der Waals surface area contributed by atoms with Gasteiger partial charge in [0.1, 0.15) is 11.6 Å². The number of nitrogens with one attached hydrogen (secondary N) is 2. The average Bonchev–Trinajstić information content (AvgIpc) is 3.25. The lowest BCUT2D eigenvalue weighted by Gasteiger charge is -2.11. The lowest BCUT2D eigenvalue weighted by atomic mass is 10.1. The van der Waals surface area contributed by atoms with E-state index in [1.54, 1.807) is 42.5 Å². The quantitative estimate of drug-likeness (QED) is 0.560. The molecule has 1 aromatic heterocycles. The smallest absolute Gasteiger partial charge is 0.291 e. The second-order valence-corrected chi connectivity index (χ2v) is 6.37. The Morgan fingerprint density at radius 2 is 1.86 bits per heavy atom. The fourth-order valence-corrected chi connectivity index (χ4v) is 2.59. The second kappa shape index (κ2) is 9.54. The summed E-state index contributed by atoms with van der Waals surface area (Å²) in [5.74, 6) is -0.176. The van der Waals surface area contributed by atoms with Crippen LogP contribution in [0.15, 0.2) is 65.3 Å². The van der Waals surface area contributed by atoms with Gasteiger partial charge in [-0.25, -0.2) is 4.39 Å². The molecule has 3 rings (SSSR count). The molecule has 2 amide bonds. The van der Waals surface area contributed by atoms with Crippen LogP contribution >= 0.6 is 0 Å². The zero-order valence-corrected chi connectivity index (χ0v) is 15.9. The number of ether oxygens (including phenoxy) is 1. The van der Waals surface area contributed by atoms with Crippen molar-refractivity contribution in [3.63, 3.8) is 0 Å². The van der Waals surface area contributed by atoms with Crippen LogP contribution in [0.1, 0.15) is 32.9 Å². The number of halogens is 1. The molecule has 0 fully saturated rings. The van der Waals surface area contributed by atoms with Crippen LogP contribution in [-0.4, -0.2) is 25.0 Å². The molecule has 2 aromatic carbocycles. The molecule has 2 N–H and O–H groups in total. The summed E-state index contributed by atoms with van der Waals surface area (Å²) in [5.41, 5.74) is 1.80. The third-order valence-electron chi connectivity index (χ3n) is 4.18. The molecule has 0 saturated carbocycles. The van der Waals surface area contributed by atoms with Crippen LogP contribution in [0.5, 0.6) is 5.75 Å². The predicted octanol–water partition coefficient (Wildman–Crippen LogP) is 4.18. The van der Waals surface area contributed by atoms with E-state index in [9.17, 15) is 14.0 Å². The van der Waals surface area contributed by atoms with Crippen LogP contribution in [0.3, 0.4) is 0 Å². The summed E-state index contributed by atoms with van der Waals surface area (Å²) >= 11 is 0. The van der Waals surface area contributed by atoms with Gasteiger partial charge in [-0.05, 0) is 67.4 Å². The Labute approximate surface area is 167 Å². The molecule has 0 bridgehead atoms. The molecule has 0 aliphatic carbocycles. The number of benzene rings is 2. The van der Waals surface area contributed by atoms with Crippen LogP contribution in [-0.2, 0) is 0 Å². The van der Waals surface area contributed by atoms with Crippen molar-refractivity contribution >= 4 is 17.5 Å². The summed E-state index contributed by atoms with van der Waals surface area (Å²) in [6.07, 6.45) is 2.02. The summed E-state index contributed by atoms with van der Waals surface area (Å²) in [5, 5.41) is 5.56. The van der Waals surface area contributed by atoms with Crippen molar-refractivity contribution in [1.29, 1.82) is 0 Å². The predicted molar refractivity (Wildman–Crippen MR) is 107 cm³/mol. The highest BCUT2D eigenvalue weighted by atomic mass is 19.1. The van der Waals surface area contributed by atoms with E-state index in [0.717, 1.165) is 5.56 Å². The third kappa shape index (κ3) is 5.68. The van der Waals surface area contributed by atoms with Gasteiger partial charge in [-0.2, -0.15) is 0 Å². The maximum Gasteiger partial charge on any atom is 0.291 e. The third-order valence-corrected chi connectivity index (χ3v) is 4.18. The van der Waals surface area contributed by atoms with Gasteiger partial charge in [0.15, 0.2) is 5.76 Å². The highest BCUT2D eigenvalue weighted by Crippen LogP contribution is 2.18. The lowest BCUT2D eigenvalue weighted by Crippen LogP contribution is -2.25. The Balaban J connectivity index is 1.48. The number of aryl methyl sites for hydroxylation is 1. The zero-order chi connectivity index (χ0) is 20.6. The zero-order valence-electron chi connectivity index (χ0n) is 15.9. The number of rotatable bonds is 8. The van der Waals surface area contributed by atoms with Crippen LogP contribution in [0.2, 0.25) is 0 Å². The van der Waals surface area contributed by atoms with E-state index in [1.165, 1.54) is 18.4 Å². The molecule has 7 heteroatoms. The van der Waals surface area contributed by atoms with Crippen molar-refractivity contribution in [3.05, 3.63) is 83.6 Å². The molecule has 0 unspecified atom stereocenters. The SMILES string of the molecule is Cc1ccc(C(=O)NCCCOc2ccc(F)cc2)cc1NC(=O)c1ccco1. The Kier molecular flexibility index (Phi) is 6.63. The molecule has 0 aliphatic rings. The maximum atomic E-state index is 12.8. The summed E-state index contributed by atoms with van der Waals surface area (Å²) in [4.78, 5) is 24.5. The topological polar surface area (TPSA) is 80.6 Å². The van der Waals surface area contributed by atoms with Crippen molar-refractivity contribution in [3.8, 4) is 5.75 Å². The molecular formula is C22H21FN2O4. The van der Waals surface area contributed by atoms with Crippen molar-refractivity contribution in [2.75, 3.05) is 18.5 Å². The van der Waals surface area contributed by atoms with E-state index in [-0.39, 0.29) is 23.4 Å². The van der Waals surface area contributed by atoms with Gasteiger partial charge in [0, 0.05) is 17.8 Å². The van der Waals surface area contributed by atoms with Gasteiger partial charge in [0.2, 0.25) is 0 Å². The standard InChI is InChI=1S/C22H21FN2O4/c1-15-5-6-16(14-19(15)25-22(27)20-4-2-12-29-20)21(26)24-11-3-13-28-18-9-7-17(23)8-10-18/h2,4-10,12,14H,3,11,13H2,1H3,(H,24,26)(H,25,27). The molecule has 29 heavy (non-hydrogen) atoms. The van der Waals surface area contributed by atoms with Crippen LogP contribution < -0.4 is 15.4 Å². The first-order valence-electron chi connectivity index (χ1n) is 9.15. The van der Waals surface area contributed by atoms with E-state index in [1.807, 2.05) is 6.92 Å². The molecule has 6 nitrogen and oxygen atoms in total. The molecule has 0 spiro atoms. The molecule has 0 radical (unpaired) electrons. The minimum absolute atomic E-state index is 0.195. The average molecular weight is 396 g/mol. The number of amides is 2. The number of anilines is 1. The Bertz CT molecular complexity index is 969. The van der Waals surface area contributed by atoms with Gasteiger partial charge in [-0.15, -0.1) is 0 Å². The highest BCUT2D eigenvalue weighted by molar-refractivity contribution is 6.03. The minimum Gasteiger partial charge on any atom is -0.494 e. The van der Waals surface area contributed by atoms with Gasteiger partial charge in [0.05, 0.1) is 12.9 Å². The molecule has 0 saturated heterocycles. The highest BCUT2D eigenvalue weighted by Gasteiger charge is 2.13. The number of hydrogen-bond acceptors (Lipinski definition) is 4. The van der Waals surface area contributed by atoms with Crippen molar-refractivity contribution < 1.29 is 23.1 Å². The van der Waals surface area contributed by atoms with Crippen LogP contribution in [0.25, 0.3) is 0 Å². The number of carbonyl (C=O) groups excluding carboxylic acids is 2. The normalized spacial score (nSPS) is 10.4. The minimum atomic E-state index is -0.381. The van der Waals surface area contributed by atoms with Crippen LogP contribution in [0.4, 0.5) is 10.1 Å². The Morgan fingerprint density at radius 3 is 2.59 bits per heavy atom. The first kappa shape index (κ1) is 20.1. The first-order valence-corrected chi connectivity index (χ1v) is 9.15. The van der Waals surface area contributed by atoms with Crippen molar-refractivity contribution in [2.45, 2.75) is 13.3 Å². The summed E-state index contributed by atoms with van der Waals surface area (Å²) in [7, 11) is 0. The fraction of sp³-hybridized carbons (Fsp3) is 0.182. The Morgan fingerprint density at radius 1 is 1.07 bits per heavy atom. The number of furan rings is 1. The van der Waals surface area contributed by atoms with Gasteiger partial charge in [-0.3, -0.25) is 9.59 Å².